The molecular weight excluding hydrogens is 424 g/mol. The van der Waals surface area contributed by atoms with Gasteiger partial charge >= 0.3 is 5.16 Å². The Morgan fingerprint density at radius 2 is 1.48 bits per heavy atom. The summed E-state index contributed by atoms with van der Waals surface area (Å²) in [4.78, 5) is 4.92. The molecule has 1 aliphatic rings. The van der Waals surface area contributed by atoms with Crippen molar-refractivity contribution < 1.29 is 31.0 Å². The van der Waals surface area contributed by atoms with Crippen LogP contribution in [0.1, 0.15) is 6.42 Å². The van der Waals surface area contributed by atoms with Gasteiger partial charge in [0.2, 0.25) is 0 Å². The highest BCUT2D eigenvalue weighted by Crippen LogP contribution is 2.29. The van der Waals surface area contributed by atoms with Crippen molar-refractivity contribution in [2.45, 2.75) is 18.1 Å². The summed E-state index contributed by atoms with van der Waals surface area (Å²) in [5, 5.41) is 1.08. The van der Waals surface area contributed by atoms with Gasteiger partial charge in [-0.2, -0.15) is 0 Å². The third kappa shape index (κ3) is 4.12. The Balaban J connectivity index is 0.00000210. The number of hydrogen-bond acceptors (Lipinski definition) is 4. The van der Waals surface area contributed by atoms with Gasteiger partial charge in [-0.1, -0.05) is 0 Å². The van der Waals surface area contributed by atoms with Crippen LogP contribution in [0.5, 0.6) is 11.5 Å². The van der Waals surface area contributed by atoms with Crippen molar-refractivity contribution >= 4 is 11.8 Å². The minimum atomic E-state index is 0. The molecule has 0 N–H and O–H groups in total. The van der Waals surface area contributed by atoms with Gasteiger partial charge in [0.15, 0.2) is 5.69 Å². The molecule has 2 heterocycles. The van der Waals surface area contributed by atoms with Crippen LogP contribution in [-0.2, 0) is 6.54 Å². The number of halogens is 1. The maximum atomic E-state index is 5.30. The first-order valence-corrected chi connectivity index (χ1v) is 9.63. The molecular formula is C21H21BrN2O2S. The van der Waals surface area contributed by atoms with Gasteiger partial charge in [0.1, 0.15) is 17.2 Å². The zero-order chi connectivity index (χ0) is 17.9. The van der Waals surface area contributed by atoms with Crippen molar-refractivity contribution in [2.24, 2.45) is 0 Å². The van der Waals surface area contributed by atoms with E-state index in [0.29, 0.717) is 0 Å². The lowest BCUT2D eigenvalue weighted by Gasteiger charge is -2.15. The fourth-order valence-corrected chi connectivity index (χ4v) is 4.09. The summed E-state index contributed by atoms with van der Waals surface area (Å²) < 4.78 is 12.9. The molecule has 4 rings (SSSR count). The Hall–Kier alpha value is -2.05. The molecule has 2 aromatic carbocycles. The molecule has 3 aromatic rings. The molecule has 27 heavy (non-hydrogen) atoms. The van der Waals surface area contributed by atoms with E-state index in [1.807, 2.05) is 36.0 Å². The zero-order valence-electron chi connectivity index (χ0n) is 15.3. The first-order valence-electron chi connectivity index (χ1n) is 8.65. The number of ether oxygens (including phenoxy) is 2. The highest BCUT2D eigenvalue weighted by Gasteiger charge is 2.25. The summed E-state index contributed by atoms with van der Waals surface area (Å²) in [6, 6.07) is 18.5. The van der Waals surface area contributed by atoms with Crippen molar-refractivity contribution in [3.8, 4) is 34.0 Å². The van der Waals surface area contributed by atoms with Crippen LogP contribution in [0.25, 0.3) is 22.5 Å². The molecule has 6 heteroatoms. The fraction of sp³-hybridized carbons (Fsp3) is 0.238. The van der Waals surface area contributed by atoms with Gasteiger partial charge < -0.3 is 26.5 Å². The first-order chi connectivity index (χ1) is 12.8. The maximum absolute atomic E-state index is 5.30. The number of nitrogens with zero attached hydrogens (tertiary/aromatic N) is 2. The molecule has 0 fully saturated rings. The summed E-state index contributed by atoms with van der Waals surface area (Å²) in [6.07, 6.45) is 1.16. The SMILES string of the molecule is COc1ccc(-c2cc(-c3ccc(OC)cc3)[n+]3c(n2)SCCC3)cc1.[Br-]. The number of rotatable bonds is 4. The predicted octanol–water partition coefficient (Wildman–Crippen LogP) is 1.22. The van der Waals surface area contributed by atoms with Crippen molar-refractivity contribution in [1.29, 1.82) is 0 Å². The van der Waals surface area contributed by atoms with Crippen LogP contribution in [0, 0.1) is 0 Å². The van der Waals surface area contributed by atoms with Gasteiger partial charge in [-0.3, -0.25) is 0 Å². The van der Waals surface area contributed by atoms with E-state index in [4.69, 9.17) is 14.5 Å². The van der Waals surface area contributed by atoms with Crippen LogP contribution in [0.15, 0.2) is 59.8 Å². The number of fused-ring (bicyclic) bond motifs is 1. The van der Waals surface area contributed by atoms with Gasteiger partial charge in [0.05, 0.1) is 20.8 Å². The quantitative estimate of drug-likeness (QED) is 0.447. The van der Waals surface area contributed by atoms with E-state index >= 15 is 0 Å². The van der Waals surface area contributed by atoms with Gasteiger partial charge in [-0.05, 0) is 71.7 Å². The molecule has 140 valence electrons. The molecule has 1 aromatic heterocycles. The standard InChI is InChI=1S/C21H21N2O2S.BrH/c1-24-17-8-4-15(5-9-17)19-14-20(16-6-10-18(25-2)11-7-16)23-12-3-13-26-21(23)22-19;/h4-11,14H,3,12-13H2,1-2H3;1H/q+1;/p-1. The number of hydrogen-bond donors (Lipinski definition) is 0. The van der Waals surface area contributed by atoms with Crippen molar-refractivity contribution in [3.05, 3.63) is 54.6 Å². The summed E-state index contributed by atoms with van der Waals surface area (Å²) in [6.45, 7) is 1.000. The van der Waals surface area contributed by atoms with Gasteiger partial charge in [0, 0.05) is 22.9 Å². The molecule has 0 bridgehead atoms. The molecule has 1 aliphatic heterocycles. The predicted molar refractivity (Wildman–Crippen MR) is 104 cm³/mol. The third-order valence-electron chi connectivity index (χ3n) is 4.54. The van der Waals surface area contributed by atoms with Crippen LogP contribution in [-0.4, -0.2) is 25.0 Å². The Morgan fingerprint density at radius 3 is 2.07 bits per heavy atom. The Labute approximate surface area is 174 Å². The van der Waals surface area contributed by atoms with Crippen LogP contribution in [0.2, 0.25) is 0 Å². The molecule has 0 radical (unpaired) electrons. The first kappa shape index (κ1) is 19.7. The highest BCUT2D eigenvalue weighted by atomic mass is 79.9. The molecule has 0 atom stereocenters. The van der Waals surface area contributed by atoms with Crippen LogP contribution >= 0.6 is 11.8 Å². The molecule has 0 saturated heterocycles. The third-order valence-corrected chi connectivity index (χ3v) is 5.60. The van der Waals surface area contributed by atoms with E-state index < -0.39 is 0 Å². The lowest BCUT2D eigenvalue weighted by molar-refractivity contribution is -0.728. The van der Waals surface area contributed by atoms with Crippen molar-refractivity contribution in [1.82, 2.24) is 4.98 Å². The lowest BCUT2D eigenvalue weighted by atomic mass is 10.1. The summed E-state index contributed by atoms with van der Waals surface area (Å²) in [7, 11) is 3.37. The average molecular weight is 445 g/mol. The van der Waals surface area contributed by atoms with Crippen molar-refractivity contribution in [3.63, 3.8) is 0 Å². The summed E-state index contributed by atoms with van der Waals surface area (Å²) in [5.41, 5.74) is 4.44. The Bertz CT molecular complexity index is 915. The van der Waals surface area contributed by atoms with E-state index in [2.05, 4.69) is 34.9 Å². The van der Waals surface area contributed by atoms with Crippen molar-refractivity contribution in [2.75, 3.05) is 20.0 Å². The van der Waals surface area contributed by atoms with Gasteiger partial charge in [0.25, 0.3) is 0 Å². The second kappa shape index (κ2) is 8.76. The van der Waals surface area contributed by atoms with E-state index in [-0.39, 0.29) is 17.0 Å². The Kier molecular flexibility index (Phi) is 6.39. The largest absolute Gasteiger partial charge is 1.00 e. The van der Waals surface area contributed by atoms with E-state index in [1.54, 1.807) is 14.2 Å². The second-order valence-corrected chi connectivity index (χ2v) is 7.18. The average Bonchev–Trinajstić information content (AvgIpc) is 2.73. The van der Waals surface area contributed by atoms with Gasteiger partial charge in [-0.15, -0.1) is 0 Å². The number of thioether (sulfide) groups is 1. The van der Waals surface area contributed by atoms with E-state index in [0.717, 1.165) is 46.6 Å². The number of methoxy groups -OCH3 is 2. The molecule has 0 amide bonds. The second-order valence-electron chi connectivity index (χ2n) is 6.12. The van der Waals surface area contributed by atoms with Gasteiger partial charge in [-0.25, -0.2) is 4.57 Å². The van der Waals surface area contributed by atoms with Crippen LogP contribution < -0.4 is 31.0 Å². The van der Waals surface area contributed by atoms with Crippen LogP contribution in [0.4, 0.5) is 0 Å². The lowest BCUT2D eigenvalue weighted by Crippen LogP contribution is -3.00. The molecule has 0 saturated carbocycles. The topological polar surface area (TPSA) is 35.2 Å². The maximum Gasteiger partial charge on any atom is 0.360 e. The summed E-state index contributed by atoms with van der Waals surface area (Å²) >= 11 is 1.82. The number of aromatic nitrogens is 2. The minimum Gasteiger partial charge on any atom is -1.00 e. The molecule has 0 aliphatic carbocycles. The molecule has 0 spiro atoms. The molecule has 0 unspecified atom stereocenters. The Morgan fingerprint density at radius 1 is 0.889 bits per heavy atom. The smallest absolute Gasteiger partial charge is 0.360 e. The zero-order valence-corrected chi connectivity index (χ0v) is 17.7. The van der Waals surface area contributed by atoms with Crippen LogP contribution in [0.3, 0.4) is 0 Å². The normalized spacial score (nSPS) is 12.7. The summed E-state index contributed by atoms with van der Waals surface area (Å²) in [5.74, 6) is 2.83. The minimum absolute atomic E-state index is 0. The highest BCUT2D eigenvalue weighted by molar-refractivity contribution is 7.99. The van der Waals surface area contributed by atoms with E-state index in [1.165, 1.54) is 11.3 Å². The molecule has 4 nitrogen and oxygen atoms in total. The number of benzene rings is 2. The monoisotopic (exact) mass is 444 g/mol. The fourth-order valence-electron chi connectivity index (χ4n) is 3.13. The van der Waals surface area contributed by atoms with E-state index in [9.17, 15) is 0 Å².